The van der Waals surface area contributed by atoms with Crippen LogP contribution < -0.4 is 21.0 Å². The summed E-state index contributed by atoms with van der Waals surface area (Å²) in [5.74, 6) is -0.324. The van der Waals surface area contributed by atoms with Crippen molar-refractivity contribution in [1.82, 2.24) is 10.6 Å². The van der Waals surface area contributed by atoms with Crippen LogP contribution in [-0.2, 0) is 14.0 Å². The molecule has 8 heteroatoms. The van der Waals surface area contributed by atoms with Gasteiger partial charge in [-0.2, -0.15) is 0 Å². The molecule has 2 aromatic rings. The molecule has 43 heavy (non-hydrogen) atoms. The Morgan fingerprint density at radius 2 is 1.37 bits per heavy atom. The Hall–Kier alpha value is -2.87. The number of amides is 2. The molecule has 0 fully saturated rings. The van der Waals surface area contributed by atoms with Crippen LogP contribution in [0.5, 0.6) is 0 Å². The number of hydrogen-bond donors (Lipinski definition) is 2. The Morgan fingerprint density at radius 1 is 0.860 bits per heavy atom. The lowest BCUT2D eigenvalue weighted by Crippen LogP contribution is -2.67. The van der Waals surface area contributed by atoms with Gasteiger partial charge in [0.25, 0.3) is 8.32 Å². The predicted molar refractivity (Wildman–Crippen MR) is 181 cm³/mol. The fraction of sp³-hybridized carbons (Fsp3) is 0.486. The Kier molecular flexibility index (Phi) is 12.9. The molecule has 0 aliphatic carbocycles. The predicted octanol–water partition coefficient (Wildman–Crippen LogP) is 7.42. The van der Waals surface area contributed by atoms with E-state index in [-0.39, 0.29) is 17.0 Å². The maximum Gasteiger partial charge on any atom is 0.408 e. The van der Waals surface area contributed by atoms with Crippen molar-refractivity contribution in [2.45, 2.75) is 105 Å². The zero-order valence-corrected chi connectivity index (χ0v) is 29.3. The number of carbonyl (C=O) groups is 2. The van der Waals surface area contributed by atoms with E-state index in [2.05, 4.69) is 79.9 Å². The maximum absolute atomic E-state index is 13.2. The normalized spacial score (nSPS) is 14.7. The number of alkyl carbamates (subject to hydrolysis) is 1. The van der Waals surface area contributed by atoms with Crippen molar-refractivity contribution in [3.05, 3.63) is 84.0 Å². The highest BCUT2D eigenvalue weighted by Gasteiger charge is 2.51. The largest absolute Gasteiger partial charge is 0.444 e. The molecule has 2 N–H and O–H groups in total. The second kappa shape index (κ2) is 15.2. The molecular weight excluding hydrogens is 576 g/mol. The van der Waals surface area contributed by atoms with Crippen LogP contribution in [0.2, 0.25) is 5.04 Å². The van der Waals surface area contributed by atoms with Crippen LogP contribution in [0.25, 0.3) is 0 Å². The molecule has 0 aromatic heterocycles. The topological polar surface area (TPSA) is 76.7 Å². The van der Waals surface area contributed by atoms with Crippen molar-refractivity contribution in [2.75, 3.05) is 0 Å². The number of nitrogens with one attached hydrogen (secondary N) is 2. The summed E-state index contributed by atoms with van der Waals surface area (Å²) in [6.45, 7) is 19.7. The van der Waals surface area contributed by atoms with Crippen LogP contribution in [0.4, 0.5) is 4.79 Å². The van der Waals surface area contributed by atoms with E-state index in [0.717, 1.165) is 0 Å². The first-order valence-electron chi connectivity index (χ1n) is 14.9. The molecule has 0 heterocycles. The van der Waals surface area contributed by atoms with Crippen molar-refractivity contribution in [2.24, 2.45) is 5.41 Å². The second-order valence-electron chi connectivity index (χ2n) is 14.0. The van der Waals surface area contributed by atoms with Crippen LogP contribution in [0.1, 0.15) is 82.1 Å². The van der Waals surface area contributed by atoms with Gasteiger partial charge in [0.05, 0.1) is 6.10 Å². The molecule has 2 aromatic carbocycles. The summed E-state index contributed by atoms with van der Waals surface area (Å²) in [6.07, 6.45) is 5.85. The van der Waals surface area contributed by atoms with E-state index >= 15 is 0 Å². The van der Waals surface area contributed by atoms with Gasteiger partial charge in [-0.25, -0.2) is 4.79 Å². The Labute approximate surface area is 265 Å². The molecule has 0 aliphatic heterocycles. The third kappa shape index (κ3) is 11.0. The van der Waals surface area contributed by atoms with Gasteiger partial charge < -0.3 is 19.8 Å². The van der Waals surface area contributed by atoms with Gasteiger partial charge in [0, 0.05) is 5.03 Å². The first kappa shape index (κ1) is 36.3. The molecule has 2 amide bonds. The number of halogens is 1. The first-order chi connectivity index (χ1) is 19.9. The van der Waals surface area contributed by atoms with Crippen LogP contribution >= 0.6 is 11.6 Å². The van der Waals surface area contributed by atoms with E-state index in [1.54, 1.807) is 27.0 Å². The number of allylic oxidation sites excluding steroid dienone is 1. The molecule has 0 bridgehead atoms. The average molecular weight is 627 g/mol. The van der Waals surface area contributed by atoms with E-state index in [4.69, 9.17) is 20.8 Å². The molecule has 0 spiro atoms. The highest BCUT2D eigenvalue weighted by atomic mass is 35.5. The van der Waals surface area contributed by atoms with Crippen LogP contribution in [-0.4, -0.2) is 38.1 Å². The van der Waals surface area contributed by atoms with Crippen molar-refractivity contribution >= 4 is 42.3 Å². The molecule has 0 unspecified atom stereocenters. The summed E-state index contributed by atoms with van der Waals surface area (Å²) in [5.41, 5.74) is -1.20. The van der Waals surface area contributed by atoms with Crippen LogP contribution in [0, 0.1) is 5.41 Å². The zero-order chi connectivity index (χ0) is 32.5. The standard InChI is InChI=1S/C35H51ClN2O4Si/c1-26(36)23-24-27(18-17-25-37-31(39)30(33(2,3)4)38-32(40)41-34(5,6)7)42-43(35(8,9)10,28-19-13-11-14-20-28)29-21-15-12-16-22-29/h11-17,19-23,25,27,30H,18,24H2,1-10H3,(H,37,39)(H,38,40)/b25-17-,26-23+/t27-,30-/m1/s1. The minimum atomic E-state index is -2.80. The SMILES string of the molecule is C/C(Cl)=C\C[C@@H](C/C=C\NC(=O)[C@@H](NC(=O)OC(C)(C)C)C(C)(C)C)O[Si](c1ccccc1)(c1ccccc1)C(C)(C)C. The summed E-state index contributed by atoms with van der Waals surface area (Å²) in [5, 5.41) is 8.51. The highest BCUT2D eigenvalue weighted by molar-refractivity contribution is 6.99. The monoisotopic (exact) mass is 626 g/mol. The number of ether oxygens (including phenoxy) is 1. The molecule has 0 aliphatic rings. The Balaban J connectivity index is 2.36. The maximum atomic E-state index is 13.2. The molecule has 6 nitrogen and oxygen atoms in total. The highest BCUT2D eigenvalue weighted by Crippen LogP contribution is 2.38. The lowest BCUT2D eigenvalue weighted by Gasteiger charge is -2.45. The molecule has 236 valence electrons. The van der Waals surface area contributed by atoms with Gasteiger partial charge in [-0.05, 0) is 67.6 Å². The van der Waals surface area contributed by atoms with Gasteiger partial charge in [-0.3, -0.25) is 4.79 Å². The van der Waals surface area contributed by atoms with Gasteiger partial charge in [0.2, 0.25) is 5.91 Å². The molecule has 2 rings (SSSR count). The van der Waals surface area contributed by atoms with E-state index in [0.29, 0.717) is 17.9 Å². The van der Waals surface area contributed by atoms with Crippen LogP contribution in [0.15, 0.2) is 84.0 Å². The summed E-state index contributed by atoms with van der Waals surface area (Å²) >= 11 is 6.28. The smallest absolute Gasteiger partial charge is 0.408 e. The summed E-state index contributed by atoms with van der Waals surface area (Å²) in [4.78, 5) is 25.7. The third-order valence-electron chi connectivity index (χ3n) is 6.95. The molecular formula is C35H51ClN2O4Si. The van der Waals surface area contributed by atoms with Gasteiger partial charge >= 0.3 is 6.09 Å². The fourth-order valence-corrected chi connectivity index (χ4v) is 9.77. The second-order valence-corrected chi connectivity index (χ2v) is 18.9. The summed E-state index contributed by atoms with van der Waals surface area (Å²) in [7, 11) is -2.80. The quantitative estimate of drug-likeness (QED) is 0.254. The summed E-state index contributed by atoms with van der Waals surface area (Å²) < 4.78 is 12.7. The van der Waals surface area contributed by atoms with E-state index in [1.165, 1.54) is 10.4 Å². The van der Waals surface area contributed by atoms with Crippen molar-refractivity contribution in [1.29, 1.82) is 0 Å². The molecule has 0 saturated heterocycles. The third-order valence-corrected chi connectivity index (χ3v) is 12.2. The summed E-state index contributed by atoms with van der Waals surface area (Å²) in [6, 6.07) is 20.2. The number of rotatable bonds is 11. The van der Waals surface area contributed by atoms with Crippen molar-refractivity contribution in [3.63, 3.8) is 0 Å². The average Bonchev–Trinajstić information content (AvgIpc) is 2.89. The Morgan fingerprint density at radius 3 is 1.79 bits per heavy atom. The van der Waals surface area contributed by atoms with Crippen LogP contribution in [0.3, 0.4) is 0 Å². The van der Waals surface area contributed by atoms with Gasteiger partial charge in [0.15, 0.2) is 0 Å². The molecule has 0 saturated carbocycles. The van der Waals surface area contributed by atoms with Crippen molar-refractivity contribution < 1.29 is 18.8 Å². The first-order valence-corrected chi connectivity index (χ1v) is 17.2. The van der Waals surface area contributed by atoms with E-state index in [9.17, 15) is 9.59 Å². The minimum Gasteiger partial charge on any atom is -0.444 e. The van der Waals surface area contributed by atoms with E-state index < -0.39 is 31.5 Å². The minimum absolute atomic E-state index is 0.182. The fourth-order valence-electron chi connectivity index (χ4n) is 4.97. The van der Waals surface area contributed by atoms with Gasteiger partial charge in [0.1, 0.15) is 11.6 Å². The van der Waals surface area contributed by atoms with Crippen molar-refractivity contribution in [3.8, 4) is 0 Å². The molecule has 0 radical (unpaired) electrons. The van der Waals surface area contributed by atoms with E-state index in [1.807, 2.05) is 52.0 Å². The number of hydrogen-bond acceptors (Lipinski definition) is 4. The number of carbonyl (C=O) groups excluding carboxylic acids is 2. The van der Waals surface area contributed by atoms with Gasteiger partial charge in [-0.15, -0.1) is 0 Å². The number of benzene rings is 2. The lowest BCUT2D eigenvalue weighted by molar-refractivity contribution is -0.124. The lowest BCUT2D eigenvalue weighted by atomic mass is 9.86. The Bertz CT molecular complexity index is 1200. The van der Waals surface area contributed by atoms with Gasteiger partial charge in [-0.1, -0.05) is 126 Å². The zero-order valence-electron chi connectivity index (χ0n) is 27.6. The molecule has 2 atom stereocenters.